The molecular formula is C19H22N2O6. The van der Waals surface area contributed by atoms with Gasteiger partial charge in [-0.05, 0) is 11.6 Å². The SMILES string of the molecule is CC1(Oc2ccccc2CC2CO2)C(=O)N(CC2CO2)C(=O)N1CC1CO1. The number of hydrogen-bond donors (Lipinski definition) is 0. The summed E-state index contributed by atoms with van der Waals surface area (Å²) in [5.41, 5.74) is -0.439. The number of amides is 3. The van der Waals surface area contributed by atoms with Crippen LogP contribution >= 0.6 is 0 Å². The predicted molar refractivity (Wildman–Crippen MR) is 92.2 cm³/mol. The Morgan fingerprint density at radius 3 is 2.33 bits per heavy atom. The molecule has 4 heterocycles. The van der Waals surface area contributed by atoms with E-state index in [0.29, 0.717) is 25.5 Å². The lowest BCUT2D eigenvalue weighted by Crippen LogP contribution is -2.53. The minimum atomic E-state index is -1.40. The lowest BCUT2D eigenvalue weighted by molar-refractivity contribution is -0.146. The molecule has 3 amide bonds. The van der Waals surface area contributed by atoms with Gasteiger partial charge in [-0.1, -0.05) is 18.2 Å². The first-order valence-corrected chi connectivity index (χ1v) is 9.30. The topological polar surface area (TPSA) is 87.4 Å². The van der Waals surface area contributed by atoms with Crippen LogP contribution in [0.2, 0.25) is 0 Å². The normalized spacial score (nSPS) is 34.2. The first kappa shape index (κ1) is 17.0. The van der Waals surface area contributed by atoms with E-state index in [9.17, 15) is 9.59 Å². The number of imide groups is 1. The fourth-order valence-corrected chi connectivity index (χ4v) is 3.46. The van der Waals surface area contributed by atoms with Crippen LogP contribution in [0, 0.1) is 0 Å². The molecule has 4 atom stereocenters. The van der Waals surface area contributed by atoms with Crippen LogP contribution in [0.15, 0.2) is 24.3 Å². The van der Waals surface area contributed by atoms with Gasteiger partial charge in [0.2, 0.25) is 0 Å². The van der Waals surface area contributed by atoms with E-state index in [4.69, 9.17) is 18.9 Å². The number of nitrogens with zero attached hydrogens (tertiary/aromatic N) is 2. The zero-order valence-corrected chi connectivity index (χ0v) is 15.1. The predicted octanol–water partition coefficient (Wildman–Crippen LogP) is 0.785. The molecule has 4 saturated heterocycles. The fourth-order valence-electron chi connectivity index (χ4n) is 3.46. The highest BCUT2D eigenvalue weighted by Crippen LogP contribution is 2.35. The van der Waals surface area contributed by atoms with E-state index in [1.807, 2.05) is 24.3 Å². The molecule has 27 heavy (non-hydrogen) atoms. The molecule has 144 valence electrons. The molecule has 1 aromatic carbocycles. The summed E-state index contributed by atoms with van der Waals surface area (Å²) in [5.74, 6) is 0.240. The van der Waals surface area contributed by atoms with Crippen LogP contribution in [-0.2, 0) is 25.4 Å². The van der Waals surface area contributed by atoms with Crippen LogP contribution in [0.4, 0.5) is 4.79 Å². The van der Waals surface area contributed by atoms with E-state index in [2.05, 4.69) is 0 Å². The molecule has 1 aromatic rings. The summed E-state index contributed by atoms with van der Waals surface area (Å²) >= 11 is 0. The van der Waals surface area contributed by atoms with Crippen molar-refractivity contribution in [1.29, 1.82) is 0 Å². The molecule has 0 saturated carbocycles. The number of urea groups is 1. The Kier molecular flexibility index (Phi) is 3.89. The van der Waals surface area contributed by atoms with Crippen molar-refractivity contribution in [2.24, 2.45) is 0 Å². The van der Waals surface area contributed by atoms with E-state index in [0.717, 1.165) is 18.6 Å². The highest BCUT2D eigenvalue weighted by atomic mass is 16.6. The number of benzene rings is 1. The maximum absolute atomic E-state index is 13.2. The molecule has 4 aliphatic rings. The van der Waals surface area contributed by atoms with Crippen molar-refractivity contribution in [3.05, 3.63) is 29.8 Å². The van der Waals surface area contributed by atoms with Crippen LogP contribution in [0.5, 0.6) is 5.75 Å². The molecule has 4 unspecified atom stereocenters. The number of carbonyl (C=O) groups is 2. The minimum absolute atomic E-state index is 0.0445. The first-order chi connectivity index (χ1) is 13.0. The summed E-state index contributed by atoms with van der Waals surface area (Å²) < 4.78 is 22.1. The Morgan fingerprint density at radius 1 is 1.04 bits per heavy atom. The lowest BCUT2D eigenvalue weighted by atomic mass is 10.1. The van der Waals surface area contributed by atoms with Crippen LogP contribution in [0.25, 0.3) is 0 Å². The number of carbonyl (C=O) groups excluding carboxylic acids is 2. The van der Waals surface area contributed by atoms with Gasteiger partial charge in [0.15, 0.2) is 0 Å². The molecular weight excluding hydrogens is 352 g/mol. The van der Waals surface area contributed by atoms with E-state index in [-0.39, 0.29) is 36.8 Å². The molecule has 4 aliphatic heterocycles. The molecule has 4 fully saturated rings. The summed E-state index contributed by atoms with van der Waals surface area (Å²) in [5, 5.41) is 0. The molecule has 5 rings (SSSR count). The number of hydrogen-bond acceptors (Lipinski definition) is 6. The summed E-state index contributed by atoms with van der Waals surface area (Å²) in [6.45, 7) is 4.16. The summed E-state index contributed by atoms with van der Waals surface area (Å²) in [7, 11) is 0. The van der Waals surface area contributed by atoms with Gasteiger partial charge in [0.05, 0.1) is 51.2 Å². The standard InChI is InChI=1S/C19H22N2O6/c1-19(27-16-5-3-2-4-12(16)6-13-9-24-13)17(22)20(7-14-10-25-14)18(23)21(19)8-15-11-26-15/h2-5,13-15H,6-11H2,1H3. The Morgan fingerprint density at radius 2 is 1.67 bits per heavy atom. The third-order valence-electron chi connectivity index (χ3n) is 5.33. The number of para-hydroxylation sites is 1. The number of epoxide rings is 3. The van der Waals surface area contributed by atoms with Gasteiger partial charge in [0.25, 0.3) is 11.6 Å². The van der Waals surface area contributed by atoms with Crippen LogP contribution < -0.4 is 4.74 Å². The first-order valence-electron chi connectivity index (χ1n) is 9.30. The Labute approximate surface area is 156 Å². The fraction of sp³-hybridized carbons (Fsp3) is 0.579. The van der Waals surface area contributed by atoms with E-state index in [1.54, 1.807) is 6.92 Å². The minimum Gasteiger partial charge on any atom is -0.458 e. The molecule has 0 bridgehead atoms. The maximum atomic E-state index is 13.2. The van der Waals surface area contributed by atoms with Crippen molar-refractivity contribution >= 4 is 11.9 Å². The Bertz CT molecular complexity index is 773. The van der Waals surface area contributed by atoms with Gasteiger partial charge in [0, 0.05) is 13.3 Å². The lowest BCUT2D eigenvalue weighted by Gasteiger charge is -2.32. The molecule has 0 aromatic heterocycles. The Balaban J connectivity index is 1.43. The molecule has 0 spiro atoms. The smallest absolute Gasteiger partial charge is 0.330 e. The van der Waals surface area contributed by atoms with Crippen molar-refractivity contribution in [2.45, 2.75) is 37.4 Å². The Hall–Kier alpha value is -2.16. The highest BCUT2D eigenvalue weighted by Gasteiger charge is 2.58. The van der Waals surface area contributed by atoms with Gasteiger partial charge in [-0.15, -0.1) is 0 Å². The number of ether oxygens (including phenoxy) is 4. The molecule has 8 nitrogen and oxygen atoms in total. The highest BCUT2D eigenvalue weighted by molar-refractivity contribution is 6.06. The second-order valence-electron chi connectivity index (χ2n) is 7.57. The second-order valence-corrected chi connectivity index (χ2v) is 7.57. The second kappa shape index (κ2) is 6.19. The van der Waals surface area contributed by atoms with Gasteiger partial charge >= 0.3 is 6.03 Å². The molecule has 0 radical (unpaired) electrons. The monoisotopic (exact) mass is 374 g/mol. The average molecular weight is 374 g/mol. The van der Waals surface area contributed by atoms with E-state index in [1.165, 1.54) is 9.80 Å². The zero-order chi connectivity index (χ0) is 18.6. The summed E-state index contributed by atoms with van der Waals surface area (Å²) in [6.07, 6.45) is 0.804. The molecule has 8 heteroatoms. The molecule has 0 aliphatic carbocycles. The largest absolute Gasteiger partial charge is 0.458 e. The van der Waals surface area contributed by atoms with Crippen molar-refractivity contribution in [3.8, 4) is 5.75 Å². The summed E-state index contributed by atoms with van der Waals surface area (Å²) in [4.78, 5) is 28.9. The number of rotatable bonds is 8. The summed E-state index contributed by atoms with van der Waals surface area (Å²) in [6, 6.07) is 7.24. The quantitative estimate of drug-likeness (QED) is 0.494. The van der Waals surface area contributed by atoms with Crippen LogP contribution in [-0.4, -0.2) is 78.7 Å². The van der Waals surface area contributed by atoms with Gasteiger partial charge in [0.1, 0.15) is 5.75 Å². The third-order valence-corrected chi connectivity index (χ3v) is 5.33. The van der Waals surface area contributed by atoms with Gasteiger partial charge in [-0.3, -0.25) is 14.6 Å². The average Bonchev–Trinajstić information content (AvgIpc) is 3.51. The van der Waals surface area contributed by atoms with Crippen LogP contribution in [0.1, 0.15) is 12.5 Å². The van der Waals surface area contributed by atoms with Gasteiger partial charge < -0.3 is 18.9 Å². The van der Waals surface area contributed by atoms with E-state index < -0.39 is 5.72 Å². The van der Waals surface area contributed by atoms with Crippen LogP contribution in [0.3, 0.4) is 0 Å². The van der Waals surface area contributed by atoms with Crippen molar-refractivity contribution in [2.75, 3.05) is 32.9 Å². The maximum Gasteiger partial charge on any atom is 0.330 e. The van der Waals surface area contributed by atoms with Gasteiger partial charge in [-0.25, -0.2) is 4.79 Å². The van der Waals surface area contributed by atoms with Gasteiger partial charge in [-0.2, -0.15) is 0 Å². The zero-order valence-electron chi connectivity index (χ0n) is 15.1. The molecule has 0 N–H and O–H groups in total. The van der Waals surface area contributed by atoms with Crippen molar-refractivity contribution in [3.63, 3.8) is 0 Å². The van der Waals surface area contributed by atoms with Crippen molar-refractivity contribution < 1.29 is 28.5 Å². The third kappa shape index (κ3) is 3.28. The van der Waals surface area contributed by atoms with Crippen molar-refractivity contribution in [1.82, 2.24) is 9.80 Å². The van der Waals surface area contributed by atoms with E-state index >= 15 is 0 Å².